The van der Waals surface area contributed by atoms with Gasteiger partial charge in [0.15, 0.2) is 0 Å². The monoisotopic (exact) mass is 414 g/mol. The second kappa shape index (κ2) is 11.1. The third-order valence-electron chi connectivity index (χ3n) is 5.13. The quantitative estimate of drug-likeness (QED) is 0.548. The first-order chi connectivity index (χ1) is 15.0. The van der Waals surface area contributed by atoms with Crippen LogP contribution >= 0.6 is 0 Å². The molecule has 0 fully saturated rings. The normalized spacial score (nSPS) is 11.9. The van der Waals surface area contributed by atoms with Gasteiger partial charge in [-0.25, -0.2) is 0 Å². The lowest BCUT2D eigenvalue weighted by atomic mass is 9.90. The van der Waals surface area contributed by atoms with Crippen molar-refractivity contribution >= 4 is 11.8 Å². The van der Waals surface area contributed by atoms with E-state index in [-0.39, 0.29) is 11.8 Å². The van der Waals surface area contributed by atoms with Gasteiger partial charge in [0.1, 0.15) is 6.04 Å². The Labute approximate surface area is 184 Å². The summed E-state index contributed by atoms with van der Waals surface area (Å²) < 4.78 is 0. The molecule has 1 atom stereocenters. The fourth-order valence-electron chi connectivity index (χ4n) is 3.53. The van der Waals surface area contributed by atoms with Crippen LogP contribution < -0.4 is 10.6 Å². The number of hydrogen-bond donors (Lipinski definition) is 2. The molecule has 0 spiro atoms. The van der Waals surface area contributed by atoms with E-state index in [1.54, 1.807) is 0 Å². The van der Waals surface area contributed by atoms with Crippen LogP contribution in [0.1, 0.15) is 36.5 Å². The van der Waals surface area contributed by atoms with E-state index in [4.69, 9.17) is 0 Å². The average molecular weight is 415 g/mol. The van der Waals surface area contributed by atoms with Crippen LogP contribution in [0.25, 0.3) is 0 Å². The smallest absolute Gasteiger partial charge is 0.242 e. The third kappa shape index (κ3) is 6.54. The fourth-order valence-corrected chi connectivity index (χ4v) is 3.53. The Bertz CT molecular complexity index is 917. The van der Waals surface area contributed by atoms with Crippen LogP contribution in [0, 0.1) is 5.92 Å². The molecular weight excluding hydrogens is 384 g/mol. The lowest BCUT2D eigenvalue weighted by Gasteiger charge is -2.23. The average Bonchev–Trinajstić information content (AvgIpc) is 2.79. The van der Waals surface area contributed by atoms with E-state index in [9.17, 15) is 9.59 Å². The van der Waals surface area contributed by atoms with Crippen LogP contribution in [0.3, 0.4) is 0 Å². The van der Waals surface area contributed by atoms with E-state index in [1.165, 1.54) is 0 Å². The van der Waals surface area contributed by atoms with Gasteiger partial charge in [0.05, 0.1) is 5.92 Å². The van der Waals surface area contributed by atoms with Crippen LogP contribution in [0.15, 0.2) is 91.0 Å². The lowest BCUT2D eigenvalue weighted by Crippen LogP contribution is -2.50. The molecule has 0 saturated carbocycles. The Morgan fingerprint density at radius 2 is 1.19 bits per heavy atom. The van der Waals surface area contributed by atoms with Gasteiger partial charge < -0.3 is 10.6 Å². The fraction of sp³-hybridized carbons (Fsp3) is 0.259. The number of hydrogen-bond acceptors (Lipinski definition) is 2. The molecule has 3 aromatic carbocycles. The first-order valence-corrected chi connectivity index (χ1v) is 10.8. The molecule has 2 amide bonds. The Hall–Kier alpha value is -3.40. The van der Waals surface area contributed by atoms with Crippen molar-refractivity contribution in [2.75, 3.05) is 6.54 Å². The van der Waals surface area contributed by atoms with Crippen molar-refractivity contribution < 1.29 is 9.59 Å². The van der Waals surface area contributed by atoms with Crippen LogP contribution in [0.2, 0.25) is 0 Å². The second-order valence-electron chi connectivity index (χ2n) is 8.14. The molecule has 0 bridgehead atoms. The van der Waals surface area contributed by atoms with Crippen molar-refractivity contribution in [3.63, 3.8) is 0 Å². The highest BCUT2D eigenvalue weighted by atomic mass is 16.2. The molecule has 3 aromatic rings. The van der Waals surface area contributed by atoms with Gasteiger partial charge in [0.25, 0.3) is 0 Å². The van der Waals surface area contributed by atoms with Crippen LogP contribution in [0.5, 0.6) is 0 Å². The molecular formula is C27H30N2O2. The molecule has 1 unspecified atom stereocenters. The zero-order valence-electron chi connectivity index (χ0n) is 18.1. The maximum Gasteiger partial charge on any atom is 0.242 e. The van der Waals surface area contributed by atoms with E-state index in [2.05, 4.69) is 10.6 Å². The van der Waals surface area contributed by atoms with Gasteiger partial charge >= 0.3 is 0 Å². The van der Waals surface area contributed by atoms with E-state index in [1.807, 2.05) is 105 Å². The molecule has 0 radical (unpaired) electrons. The van der Waals surface area contributed by atoms with Gasteiger partial charge in [-0.2, -0.15) is 0 Å². The van der Waals surface area contributed by atoms with Crippen molar-refractivity contribution in [2.45, 2.75) is 32.2 Å². The molecule has 2 N–H and O–H groups in total. The van der Waals surface area contributed by atoms with Crippen LogP contribution in [0.4, 0.5) is 0 Å². The highest BCUT2D eigenvalue weighted by molar-refractivity contribution is 5.92. The van der Waals surface area contributed by atoms with Gasteiger partial charge in [-0.3, -0.25) is 9.59 Å². The number of carbonyl (C=O) groups excluding carboxylic acids is 2. The zero-order valence-corrected chi connectivity index (χ0v) is 18.1. The first-order valence-electron chi connectivity index (χ1n) is 10.8. The predicted molar refractivity (Wildman–Crippen MR) is 125 cm³/mol. The molecule has 4 heteroatoms. The minimum Gasteiger partial charge on any atom is -0.354 e. The maximum atomic E-state index is 13.5. The Morgan fingerprint density at radius 3 is 1.68 bits per heavy atom. The summed E-state index contributed by atoms with van der Waals surface area (Å²) in [6.45, 7) is 4.67. The molecule has 0 aliphatic carbocycles. The van der Waals surface area contributed by atoms with E-state index in [0.717, 1.165) is 16.7 Å². The summed E-state index contributed by atoms with van der Waals surface area (Å²) >= 11 is 0. The summed E-state index contributed by atoms with van der Waals surface area (Å²) in [5.41, 5.74) is 2.79. The number of carbonyl (C=O) groups is 2. The van der Waals surface area contributed by atoms with Crippen molar-refractivity contribution in [1.29, 1.82) is 0 Å². The standard InChI is InChI=1S/C27H30N2O2/c1-20(2)19-28-26(30)24(18-21-12-6-3-7-13-21)29-27(31)25(22-14-8-4-9-15-22)23-16-10-5-11-17-23/h3-17,20,24-25H,18-19H2,1-2H3,(H,28,30)(H,29,31). The molecule has 160 valence electrons. The summed E-state index contributed by atoms with van der Waals surface area (Å²) in [5.74, 6) is -0.499. The zero-order chi connectivity index (χ0) is 22.1. The van der Waals surface area contributed by atoms with Gasteiger partial charge in [-0.05, 0) is 22.6 Å². The van der Waals surface area contributed by atoms with Crippen LogP contribution in [-0.4, -0.2) is 24.4 Å². The third-order valence-corrected chi connectivity index (χ3v) is 5.13. The number of rotatable bonds is 9. The van der Waals surface area contributed by atoms with Crippen molar-refractivity contribution in [1.82, 2.24) is 10.6 Å². The number of amides is 2. The highest BCUT2D eigenvalue weighted by Gasteiger charge is 2.28. The number of benzene rings is 3. The summed E-state index contributed by atoms with van der Waals surface area (Å²) in [6, 6.07) is 28.5. The SMILES string of the molecule is CC(C)CNC(=O)C(Cc1ccccc1)NC(=O)C(c1ccccc1)c1ccccc1. The van der Waals surface area contributed by atoms with E-state index < -0.39 is 12.0 Å². The van der Waals surface area contributed by atoms with Gasteiger partial charge in [-0.1, -0.05) is 105 Å². The number of nitrogens with one attached hydrogen (secondary N) is 2. The largest absolute Gasteiger partial charge is 0.354 e. The minimum absolute atomic E-state index is 0.161. The topological polar surface area (TPSA) is 58.2 Å². The predicted octanol–water partition coefficient (Wildman–Crippen LogP) is 4.32. The molecule has 3 rings (SSSR count). The Balaban J connectivity index is 1.86. The Kier molecular flexibility index (Phi) is 7.99. The molecule has 0 aliphatic heterocycles. The molecule has 31 heavy (non-hydrogen) atoms. The molecule has 4 nitrogen and oxygen atoms in total. The first kappa shape index (κ1) is 22.3. The molecule has 0 aromatic heterocycles. The van der Waals surface area contributed by atoms with Crippen LogP contribution in [-0.2, 0) is 16.0 Å². The summed E-state index contributed by atoms with van der Waals surface area (Å²) in [6.07, 6.45) is 0.437. The van der Waals surface area contributed by atoms with Crippen molar-refractivity contribution in [3.05, 3.63) is 108 Å². The van der Waals surface area contributed by atoms with Gasteiger partial charge in [0, 0.05) is 13.0 Å². The molecule has 0 heterocycles. The van der Waals surface area contributed by atoms with Gasteiger partial charge in [0.2, 0.25) is 11.8 Å². The summed E-state index contributed by atoms with van der Waals surface area (Å²) in [4.78, 5) is 26.5. The lowest BCUT2D eigenvalue weighted by molar-refractivity contribution is -0.129. The van der Waals surface area contributed by atoms with Crippen molar-refractivity contribution in [2.24, 2.45) is 5.92 Å². The highest BCUT2D eigenvalue weighted by Crippen LogP contribution is 2.25. The Morgan fingerprint density at radius 1 is 0.710 bits per heavy atom. The van der Waals surface area contributed by atoms with E-state index >= 15 is 0 Å². The second-order valence-corrected chi connectivity index (χ2v) is 8.14. The summed E-state index contributed by atoms with van der Waals surface area (Å²) in [5, 5.41) is 6.01. The van der Waals surface area contributed by atoms with E-state index in [0.29, 0.717) is 18.9 Å². The molecule has 0 saturated heterocycles. The minimum atomic E-state index is -0.649. The van der Waals surface area contributed by atoms with Gasteiger partial charge in [-0.15, -0.1) is 0 Å². The summed E-state index contributed by atoms with van der Waals surface area (Å²) in [7, 11) is 0. The molecule has 0 aliphatic rings. The maximum absolute atomic E-state index is 13.5. The van der Waals surface area contributed by atoms with Crippen molar-refractivity contribution in [3.8, 4) is 0 Å².